The summed E-state index contributed by atoms with van der Waals surface area (Å²) in [6.07, 6.45) is 2.38. The number of esters is 1. The molecule has 1 aliphatic rings. The molecule has 0 saturated heterocycles. The summed E-state index contributed by atoms with van der Waals surface area (Å²) in [5.74, 6) is -0.139. The highest BCUT2D eigenvalue weighted by molar-refractivity contribution is 5.69. The van der Waals surface area contributed by atoms with Crippen LogP contribution in [-0.4, -0.2) is 18.1 Å². The number of ether oxygens (including phenoxy) is 1. The zero-order valence-electron chi connectivity index (χ0n) is 6.17. The fourth-order valence-corrected chi connectivity index (χ4v) is 0.894. The van der Waals surface area contributed by atoms with Crippen molar-refractivity contribution in [3.8, 4) is 0 Å². The lowest BCUT2D eigenvalue weighted by Gasteiger charge is -2.32. The van der Waals surface area contributed by atoms with Crippen LogP contribution >= 0.6 is 0 Å². The van der Waals surface area contributed by atoms with Crippen LogP contribution < -0.4 is 5.73 Å². The van der Waals surface area contributed by atoms with Gasteiger partial charge < -0.3 is 10.5 Å². The third kappa shape index (κ3) is 1.48. The largest absolute Gasteiger partial charge is 0.461 e. The van der Waals surface area contributed by atoms with E-state index in [0.717, 1.165) is 12.8 Å². The Morgan fingerprint density at radius 1 is 1.70 bits per heavy atom. The Hall–Kier alpha value is -0.570. The number of carbonyl (C=O) groups is 1. The minimum Gasteiger partial charge on any atom is -0.461 e. The molecule has 1 aliphatic carbocycles. The van der Waals surface area contributed by atoms with Crippen molar-refractivity contribution in [1.82, 2.24) is 0 Å². The molecule has 3 nitrogen and oxygen atoms in total. The summed E-state index contributed by atoms with van der Waals surface area (Å²) in [6, 6.07) is 0.0931. The second-order valence-electron chi connectivity index (χ2n) is 2.62. The van der Waals surface area contributed by atoms with Crippen molar-refractivity contribution in [3.63, 3.8) is 0 Å². The fourth-order valence-electron chi connectivity index (χ4n) is 0.894. The topological polar surface area (TPSA) is 52.3 Å². The molecule has 0 bridgehead atoms. The van der Waals surface area contributed by atoms with E-state index in [9.17, 15) is 4.79 Å². The maximum absolute atomic E-state index is 10.7. The van der Waals surface area contributed by atoms with Crippen molar-refractivity contribution < 1.29 is 9.53 Å². The smallest absolute Gasteiger partial charge is 0.305 e. The lowest BCUT2D eigenvalue weighted by atomic mass is 9.90. The summed E-state index contributed by atoms with van der Waals surface area (Å²) >= 11 is 0. The van der Waals surface area contributed by atoms with Crippen LogP contribution in [0.25, 0.3) is 0 Å². The third-order valence-corrected chi connectivity index (χ3v) is 1.83. The first kappa shape index (κ1) is 7.54. The number of rotatable bonds is 2. The third-order valence-electron chi connectivity index (χ3n) is 1.83. The second kappa shape index (κ2) is 3.01. The fraction of sp³-hybridized carbons (Fsp3) is 0.857. The molecule has 10 heavy (non-hydrogen) atoms. The lowest BCUT2D eigenvalue weighted by molar-refractivity contribution is -0.153. The number of hydrogen-bond donors (Lipinski definition) is 1. The molecule has 1 fully saturated rings. The van der Waals surface area contributed by atoms with Gasteiger partial charge in [0.2, 0.25) is 0 Å². The van der Waals surface area contributed by atoms with Crippen molar-refractivity contribution in [2.45, 2.75) is 38.3 Å². The molecule has 0 spiro atoms. The molecule has 2 atom stereocenters. The van der Waals surface area contributed by atoms with Gasteiger partial charge in [0.25, 0.3) is 0 Å². The van der Waals surface area contributed by atoms with Crippen molar-refractivity contribution in [2.75, 3.05) is 0 Å². The molecule has 58 valence electrons. The molecule has 0 aromatic carbocycles. The zero-order valence-corrected chi connectivity index (χ0v) is 6.17. The Labute approximate surface area is 60.5 Å². The van der Waals surface area contributed by atoms with Gasteiger partial charge in [0.05, 0.1) is 0 Å². The standard InChI is InChI=1S/C7H13NO2/c1-2-7(9)10-6-4-3-5(6)8/h5-6H,2-4,8H2,1H3/t5-,6-/m0/s1. The molecule has 0 aliphatic heterocycles. The zero-order chi connectivity index (χ0) is 7.56. The Morgan fingerprint density at radius 2 is 2.40 bits per heavy atom. The average Bonchev–Trinajstić information content (AvgIpc) is 1.96. The molecular weight excluding hydrogens is 130 g/mol. The van der Waals surface area contributed by atoms with Crippen LogP contribution in [0.2, 0.25) is 0 Å². The first-order valence-electron chi connectivity index (χ1n) is 3.69. The van der Waals surface area contributed by atoms with Crippen molar-refractivity contribution >= 4 is 5.97 Å². The van der Waals surface area contributed by atoms with Gasteiger partial charge in [-0.1, -0.05) is 6.92 Å². The summed E-state index contributed by atoms with van der Waals surface area (Å²) in [5, 5.41) is 0. The molecule has 0 heterocycles. The van der Waals surface area contributed by atoms with Crippen LogP contribution in [0.3, 0.4) is 0 Å². The van der Waals surface area contributed by atoms with Crippen LogP contribution in [0, 0.1) is 0 Å². The predicted molar refractivity (Wildman–Crippen MR) is 37.4 cm³/mol. The quantitative estimate of drug-likeness (QED) is 0.570. The molecule has 2 N–H and O–H groups in total. The highest BCUT2D eigenvalue weighted by Crippen LogP contribution is 2.21. The average molecular weight is 143 g/mol. The van der Waals surface area contributed by atoms with Gasteiger partial charge in [-0.15, -0.1) is 0 Å². The second-order valence-corrected chi connectivity index (χ2v) is 2.62. The lowest BCUT2D eigenvalue weighted by Crippen LogP contribution is -2.46. The van der Waals surface area contributed by atoms with Gasteiger partial charge in [-0.25, -0.2) is 0 Å². The predicted octanol–water partition coefficient (Wildman–Crippen LogP) is 0.429. The monoisotopic (exact) mass is 143 g/mol. The Kier molecular flexibility index (Phi) is 2.27. The highest BCUT2D eigenvalue weighted by Gasteiger charge is 2.30. The van der Waals surface area contributed by atoms with E-state index in [-0.39, 0.29) is 18.1 Å². The van der Waals surface area contributed by atoms with Gasteiger partial charge in [-0.05, 0) is 12.8 Å². The van der Waals surface area contributed by atoms with Crippen molar-refractivity contribution in [3.05, 3.63) is 0 Å². The molecule has 3 heteroatoms. The molecular formula is C7H13NO2. The summed E-state index contributed by atoms with van der Waals surface area (Å²) in [5.41, 5.74) is 5.55. The summed E-state index contributed by atoms with van der Waals surface area (Å²) in [6.45, 7) is 1.78. The van der Waals surface area contributed by atoms with Crippen LogP contribution in [-0.2, 0) is 9.53 Å². The highest BCUT2D eigenvalue weighted by atomic mass is 16.5. The first-order valence-corrected chi connectivity index (χ1v) is 3.69. The maximum Gasteiger partial charge on any atom is 0.305 e. The van der Waals surface area contributed by atoms with Gasteiger partial charge in [0, 0.05) is 12.5 Å². The molecule has 0 unspecified atom stereocenters. The molecule has 0 aromatic heterocycles. The van der Waals surface area contributed by atoms with Crippen LogP contribution in [0.1, 0.15) is 26.2 Å². The molecule has 0 aromatic rings. The summed E-state index contributed by atoms with van der Waals surface area (Å²) < 4.78 is 4.98. The normalized spacial score (nSPS) is 31.0. The van der Waals surface area contributed by atoms with Gasteiger partial charge in [-0.2, -0.15) is 0 Å². The van der Waals surface area contributed by atoms with E-state index < -0.39 is 0 Å². The van der Waals surface area contributed by atoms with Crippen molar-refractivity contribution in [1.29, 1.82) is 0 Å². The Bertz CT molecular complexity index is 136. The van der Waals surface area contributed by atoms with Gasteiger partial charge in [0.15, 0.2) is 0 Å². The van der Waals surface area contributed by atoms with E-state index >= 15 is 0 Å². The molecule has 0 radical (unpaired) electrons. The minimum absolute atomic E-state index is 0.00690. The van der Waals surface area contributed by atoms with Gasteiger partial charge in [0.1, 0.15) is 6.10 Å². The first-order chi connectivity index (χ1) is 4.74. The van der Waals surface area contributed by atoms with Gasteiger partial charge >= 0.3 is 5.97 Å². The molecule has 1 saturated carbocycles. The van der Waals surface area contributed by atoms with Crippen LogP contribution in [0.5, 0.6) is 0 Å². The van der Waals surface area contributed by atoms with E-state index in [2.05, 4.69) is 0 Å². The SMILES string of the molecule is CCC(=O)O[C@H]1CC[C@@H]1N. The van der Waals surface area contributed by atoms with Crippen molar-refractivity contribution in [2.24, 2.45) is 5.73 Å². The van der Waals surface area contributed by atoms with E-state index in [1.165, 1.54) is 0 Å². The van der Waals surface area contributed by atoms with E-state index in [1.807, 2.05) is 0 Å². The van der Waals surface area contributed by atoms with Crippen LogP contribution in [0.15, 0.2) is 0 Å². The Balaban J connectivity index is 2.19. The minimum atomic E-state index is -0.139. The van der Waals surface area contributed by atoms with Gasteiger partial charge in [-0.3, -0.25) is 4.79 Å². The van der Waals surface area contributed by atoms with E-state index in [1.54, 1.807) is 6.92 Å². The molecule has 0 amide bonds. The number of nitrogens with two attached hydrogens (primary N) is 1. The van der Waals surface area contributed by atoms with E-state index in [4.69, 9.17) is 10.5 Å². The number of hydrogen-bond acceptors (Lipinski definition) is 3. The van der Waals surface area contributed by atoms with Crippen LogP contribution in [0.4, 0.5) is 0 Å². The van der Waals surface area contributed by atoms with E-state index in [0.29, 0.717) is 6.42 Å². The summed E-state index contributed by atoms with van der Waals surface area (Å²) in [4.78, 5) is 10.7. The Morgan fingerprint density at radius 3 is 2.70 bits per heavy atom. The molecule has 1 rings (SSSR count). The number of carbonyl (C=O) groups excluding carboxylic acids is 1. The maximum atomic E-state index is 10.7. The summed E-state index contributed by atoms with van der Waals surface area (Å²) in [7, 11) is 0.